The first-order valence-corrected chi connectivity index (χ1v) is 8.00. The molecule has 10 heteroatoms. The molecular weight excluding hydrogens is 298 g/mol. The first-order valence-electron chi connectivity index (χ1n) is 6.52. The van der Waals surface area contributed by atoms with E-state index in [2.05, 4.69) is 15.1 Å². The van der Waals surface area contributed by atoms with Crippen LogP contribution in [0, 0.1) is 0 Å². The first-order chi connectivity index (χ1) is 9.83. The van der Waals surface area contributed by atoms with Crippen LogP contribution >= 0.6 is 0 Å². The Bertz CT molecular complexity index is 666. The van der Waals surface area contributed by atoms with Gasteiger partial charge in [0.25, 0.3) is 0 Å². The smallest absolute Gasteiger partial charge is 0.246 e. The van der Waals surface area contributed by atoms with E-state index in [1.165, 1.54) is 10.9 Å². The van der Waals surface area contributed by atoms with Crippen LogP contribution in [-0.4, -0.2) is 36.1 Å². The van der Waals surface area contributed by atoms with Crippen LogP contribution in [0.3, 0.4) is 0 Å². The molecule has 2 amide bonds. The Morgan fingerprint density at radius 3 is 2.86 bits per heavy atom. The number of nitrogens with one attached hydrogen (secondary N) is 2. The van der Waals surface area contributed by atoms with Crippen LogP contribution in [0.4, 0.5) is 5.82 Å². The molecule has 1 aromatic rings. The number of rotatable bonds is 5. The summed E-state index contributed by atoms with van der Waals surface area (Å²) >= 11 is 0. The summed E-state index contributed by atoms with van der Waals surface area (Å²) in [5, 5.41) is 6.00. The van der Waals surface area contributed by atoms with Gasteiger partial charge in [0, 0.05) is 19.2 Å². The van der Waals surface area contributed by atoms with E-state index in [1.54, 1.807) is 0 Å². The van der Waals surface area contributed by atoms with E-state index in [4.69, 9.17) is 5.73 Å². The van der Waals surface area contributed by atoms with E-state index in [0.717, 1.165) is 6.42 Å². The van der Waals surface area contributed by atoms with Crippen LogP contribution in [0.5, 0.6) is 0 Å². The van der Waals surface area contributed by atoms with Crippen molar-refractivity contribution in [2.24, 2.45) is 0 Å². The number of hydrogen-bond acceptors (Lipinski definition) is 6. The highest BCUT2D eigenvalue weighted by Crippen LogP contribution is 2.18. The molecule has 0 aromatic carbocycles. The number of aryl methyl sites for hydroxylation is 1. The summed E-state index contributed by atoms with van der Waals surface area (Å²) in [5.74, 6) is -1.19. The van der Waals surface area contributed by atoms with Gasteiger partial charge in [0.05, 0.1) is 0 Å². The Balaban J connectivity index is 2.18. The van der Waals surface area contributed by atoms with E-state index >= 15 is 0 Å². The monoisotopic (exact) mass is 315 g/mol. The SMILES string of the molecule is CCCn1cc(S(=O)(=O)NC2CCC(=O)NC2=O)c(N)n1. The summed E-state index contributed by atoms with van der Waals surface area (Å²) in [5.41, 5.74) is 5.61. The molecule has 1 aromatic heterocycles. The molecule has 1 atom stereocenters. The molecule has 0 spiro atoms. The van der Waals surface area contributed by atoms with E-state index in [-0.39, 0.29) is 23.6 Å². The number of imide groups is 1. The maximum absolute atomic E-state index is 12.3. The molecule has 2 heterocycles. The van der Waals surface area contributed by atoms with Crippen molar-refractivity contribution in [3.05, 3.63) is 6.20 Å². The van der Waals surface area contributed by atoms with Crippen molar-refractivity contribution in [1.29, 1.82) is 0 Å². The van der Waals surface area contributed by atoms with Crippen LogP contribution in [0.25, 0.3) is 0 Å². The second-order valence-electron chi connectivity index (χ2n) is 4.77. The summed E-state index contributed by atoms with van der Waals surface area (Å²) in [6, 6.07) is -0.985. The third-order valence-corrected chi connectivity index (χ3v) is 4.52. The van der Waals surface area contributed by atoms with Gasteiger partial charge in [0.15, 0.2) is 5.82 Å². The molecule has 9 nitrogen and oxygen atoms in total. The molecule has 1 saturated heterocycles. The third kappa shape index (κ3) is 3.39. The first kappa shape index (κ1) is 15.4. The quantitative estimate of drug-likeness (QED) is 0.594. The highest BCUT2D eigenvalue weighted by atomic mass is 32.2. The minimum Gasteiger partial charge on any atom is -0.381 e. The Hall–Kier alpha value is -1.94. The van der Waals surface area contributed by atoms with Gasteiger partial charge in [-0.1, -0.05) is 6.92 Å². The predicted octanol–water partition coefficient (Wildman–Crippen LogP) is -1.04. The fraction of sp³-hybridized carbons (Fsp3) is 0.545. The maximum Gasteiger partial charge on any atom is 0.246 e. The Kier molecular flexibility index (Phi) is 4.28. The Morgan fingerprint density at radius 2 is 2.24 bits per heavy atom. The minimum atomic E-state index is -3.97. The summed E-state index contributed by atoms with van der Waals surface area (Å²) in [6.45, 7) is 2.46. The van der Waals surface area contributed by atoms with Crippen LogP contribution in [0.1, 0.15) is 26.2 Å². The number of hydrogen-bond donors (Lipinski definition) is 3. The van der Waals surface area contributed by atoms with Gasteiger partial charge < -0.3 is 5.73 Å². The van der Waals surface area contributed by atoms with Crippen LogP contribution in [0.15, 0.2) is 11.1 Å². The van der Waals surface area contributed by atoms with Gasteiger partial charge in [0.2, 0.25) is 21.8 Å². The molecule has 0 bridgehead atoms. The highest BCUT2D eigenvalue weighted by Gasteiger charge is 2.32. The third-order valence-electron chi connectivity index (χ3n) is 3.03. The average molecular weight is 315 g/mol. The second-order valence-corrected chi connectivity index (χ2v) is 6.45. The molecule has 1 fully saturated rings. The van der Waals surface area contributed by atoms with Gasteiger partial charge in [-0.2, -0.15) is 9.82 Å². The topological polar surface area (TPSA) is 136 Å². The van der Waals surface area contributed by atoms with Crippen molar-refractivity contribution in [2.75, 3.05) is 5.73 Å². The zero-order valence-corrected chi connectivity index (χ0v) is 12.3. The molecule has 0 aliphatic carbocycles. The minimum absolute atomic E-state index is 0.0868. The maximum atomic E-state index is 12.3. The van der Waals surface area contributed by atoms with E-state index in [1.807, 2.05) is 6.92 Å². The highest BCUT2D eigenvalue weighted by molar-refractivity contribution is 7.89. The summed E-state index contributed by atoms with van der Waals surface area (Å²) < 4.78 is 28.2. The van der Waals surface area contributed by atoms with Crippen molar-refractivity contribution < 1.29 is 18.0 Å². The lowest BCUT2D eigenvalue weighted by atomic mass is 10.1. The molecule has 1 aliphatic heterocycles. The number of piperidine rings is 1. The number of carbonyl (C=O) groups is 2. The predicted molar refractivity (Wildman–Crippen MR) is 73.4 cm³/mol. The molecule has 0 radical (unpaired) electrons. The molecule has 1 aliphatic rings. The molecule has 1 unspecified atom stereocenters. The lowest BCUT2D eigenvalue weighted by Gasteiger charge is -2.21. The van der Waals surface area contributed by atoms with E-state index in [0.29, 0.717) is 6.54 Å². The Labute approximate surface area is 121 Å². The summed E-state index contributed by atoms with van der Waals surface area (Å²) in [4.78, 5) is 22.5. The Morgan fingerprint density at radius 1 is 1.52 bits per heavy atom. The molecular formula is C11H17N5O4S. The van der Waals surface area contributed by atoms with Crippen molar-refractivity contribution in [3.63, 3.8) is 0 Å². The van der Waals surface area contributed by atoms with Gasteiger partial charge >= 0.3 is 0 Å². The van der Waals surface area contributed by atoms with Crippen molar-refractivity contribution in [3.8, 4) is 0 Å². The van der Waals surface area contributed by atoms with Crippen LogP contribution in [0.2, 0.25) is 0 Å². The number of aromatic nitrogens is 2. The number of nitrogens with two attached hydrogens (primary N) is 1. The lowest BCUT2D eigenvalue weighted by Crippen LogP contribution is -2.52. The van der Waals surface area contributed by atoms with Gasteiger partial charge in [-0.25, -0.2) is 8.42 Å². The average Bonchev–Trinajstić information content (AvgIpc) is 2.75. The van der Waals surface area contributed by atoms with Gasteiger partial charge in [-0.05, 0) is 12.8 Å². The molecule has 4 N–H and O–H groups in total. The van der Waals surface area contributed by atoms with Crippen molar-refractivity contribution in [2.45, 2.75) is 43.7 Å². The van der Waals surface area contributed by atoms with Crippen molar-refractivity contribution >= 4 is 27.7 Å². The second kappa shape index (κ2) is 5.82. The number of sulfonamides is 1. The normalized spacial score (nSPS) is 19.6. The standard InChI is InChI=1S/C11H17N5O4S/c1-2-5-16-6-8(10(12)14-16)21(19,20)15-7-3-4-9(17)13-11(7)18/h6-7,15H,2-5H2,1H3,(H2,12,14)(H,13,17,18). The molecule has 0 saturated carbocycles. The zero-order chi connectivity index (χ0) is 15.6. The van der Waals surface area contributed by atoms with Crippen LogP contribution in [-0.2, 0) is 26.2 Å². The largest absolute Gasteiger partial charge is 0.381 e. The fourth-order valence-electron chi connectivity index (χ4n) is 2.03. The number of nitrogen functional groups attached to an aromatic ring is 1. The van der Waals surface area contributed by atoms with Gasteiger partial charge in [-0.15, -0.1) is 0 Å². The number of carbonyl (C=O) groups excluding carboxylic acids is 2. The molecule has 116 valence electrons. The van der Waals surface area contributed by atoms with Gasteiger partial charge in [-0.3, -0.25) is 19.6 Å². The van der Waals surface area contributed by atoms with Crippen LogP contribution < -0.4 is 15.8 Å². The number of amides is 2. The molecule has 21 heavy (non-hydrogen) atoms. The van der Waals surface area contributed by atoms with Gasteiger partial charge in [0.1, 0.15) is 10.9 Å². The lowest BCUT2D eigenvalue weighted by molar-refractivity contribution is -0.134. The number of anilines is 1. The fourth-order valence-corrected chi connectivity index (χ4v) is 3.33. The zero-order valence-electron chi connectivity index (χ0n) is 11.5. The molecule has 2 rings (SSSR count). The van der Waals surface area contributed by atoms with E-state index in [9.17, 15) is 18.0 Å². The number of nitrogens with zero attached hydrogens (tertiary/aromatic N) is 2. The van der Waals surface area contributed by atoms with E-state index < -0.39 is 27.9 Å². The summed E-state index contributed by atoms with van der Waals surface area (Å²) in [6.07, 6.45) is 2.31. The summed E-state index contributed by atoms with van der Waals surface area (Å²) in [7, 11) is -3.97. The van der Waals surface area contributed by atoms with Crippen molar-refractivity contribution in [1.82, 2.24) is 19.8 Å².